The van der Waals surface area contributed by atoms with Crippen molar-refractivity contribution in [3.05, 3.63) is 64.9 Å². The molecule has 1 aliphatic heterocycles. The van der Waals surface area contributed by atoms with Gasteiger partial charge in [-0.15, -0.1) is 0 Å². The van der Waals surface area contributed by atoms with E-state index in [0.717, 1.165) is 32.0 Å². The van der Waals surface area contributed by atoms with E-state index in [4.69, 9.17) is 0 Å². The first-order valence-electron chi connectivity index (χ1n) is 11.4. The molecule has 1 unspecified atom stereocenters. The van der Waals surface area contributed by atoms with Gasteiger partial charge >= 0.3 is 6.18 Å². The highest BCUT2D eigenvalue weighted by atomic mass is 19.4. The Morgan fingerprint density at radius 2 is 1.81 bits per heavy atom. The number of nitrogens with one attached hydrogen (secondary N) is 1. The van der Waals surface area contributed by atoms with Gasteiger partial charge in [0.1, 0.15) is 7.28 Å². The molecule has 0 bridgehead atoms. The van der Waals surface area contributed by atoms with Gasteiger partial charge in [-0.1, -0.05) is 62.2 Å². The van der Waals surface area contributed by atoms with Crippen LogP contribution in [0.2, 0.25) is 0 Å². The maximum absolute atomic E-state index is 12.3. The Kier molecular flexibility index (Phi) is 9.52. The summed E-state index contributed by atoms with van der Waals surface area (Å²) in [7, 11) is 2.21. The first-order valence-corrected chi connectivity index (χ1v) is 11.4. The van der Waals surface area contributed by atoms with Crippen LogP contribution in [-0.2, 0) is 12.7 Å². The van der Waals surface area contributed by atoms with Crippen LogP contribution in [0.1, 0.15) is 82.4 Å². The minimum atomic E-state index is -4.10. The highest BCUT2D eigenvalue weighted by molar-refractivity contribution is 6.38. The van der Waals surface area contributed by atoms with E-state index in [-0.39, 0.29) is 12.4 Å². The fraction of sp³-hybridized carbons (Fsp3) is 0.538. The van der Waals surface area contributed by atoms with Crippen LogP contribution in [-0.4, -0.2) is 19.4 Å². The lowest BCUT2D eigenvalue weighted by Crippen LogP contribution is -2.40. The first kappa shape index (κ1) is 25.4. The molecule has 0 aliphatic carbocycles. The summed E-state index contributed by atoms with van der Waals surface area (Å²) in [6.45, 7) is 15.0. The van der Waals surface area contributed by atoms with E-state index in [2.05, 4.69) is 64.7 Å². The average molecular weight is 430 g/mol. The van der Waals surface area contributed by atoms with Crippen LogP contribution in [0, 0.1) is 0 Å². The maximum Gasteiger partial charge on any atom is 0.389 e. The topological polar surface area (TPSA) is 12.0 Å². The summed E-state index contributed by atoms with van der Waals surface area (Å²) in [5.74, 6) is 0.108. The summed E-state index contributed by atoms with van der Waals surface area (Å²) in [6, 6.07) is 6.40. The Morgan fingerprint density at radius 1 is 1.10 bits per heavy atom. The quantitative estimate of drug-likeness (QED) is 0.283. The summed E-state index contributed by atoms with van der Waals surface area (Å²) >= 11 is 0. The molecule has 1 heterocycles. The number of rotatable bonds is 11. The molecule has 1 N–H and O–H groups in total. The predicted molar refractivity (Wildman–Crippen MR) is 127 cm³/mol. The van der Waals surface area contributed by atoms with Gasteiger partial charge in [0.15, 0.2) is 0 Å². The lowest BCUT2D eigenvalue weighted by Gasteiger charge is -2.28. The van der Waals surface area contributed by atoms with Crippen molar-refractivity contribution in [3.63, 3.8) is 0 Å². The zero-order chi connectivity index (χ0) is 23.0. The molecule has 1 aromatic carbocycles. The minimum Gasteiger partial charge on any atom is -0.394 e. The Morgan fingerprint density at radius 3 is 2.48 bits per heavy atom. The second kappa shape index (κ2) is 11.6. The van der Waals surface area contributed by atoms with Gasteiger partial charge in [0.2, 0.25) is 0 Å². The predicted octanol–water partition coefficient (Wildman–Crippen LogP) is 7.54. The fourth-order valence-electron chi connectivity index (χ4n) is 4.20. The molecule has 1 atom stereocenters. The van der Waals surface area contributed by atoms with E-state index in [1.54, 1.807) is 0 Å². The zero-order valence-corrected chi connectivity index (χ0v) is 19.3. The van der Waals surface area contributed by atoms with Crippen molar-refractivity contribution >= 4 is 12.9 Å². The molecule has 0 aromatic heterocycles. The summed E-state index contributed by atoms with van der Waals surface area (Å²) in [6.07, 6.45) is 1.55. The molecule has 1 nitrogen and oxygen atoms in total. The minimum absolute atomic E-state index is 0.0776. The van der Waals surface area contributed by atoms with E-state index < -0.39 is 12.6 Å². The number of hydrogen-bond acceptors (Lipinski definition) is 1. The number of benzene rings is 1. The van der Waals surface area contributed by atoms with Gasteiger partial charge in [-0.3, -0.25) is 0 Å². The third-order valence-electron chi connectivity index (χ3n) is 6.18. The molecule has 1 aliphatic rings. The van der Waals surface area contributed by atoms with Crippen LogP contribution in [0.5, 0.6) is 0 Å². The van der Waals surface area contributed by atoms with Crippen LogP contribution >= 0.6 is 0 Å². The third kappa shape index (κ3) is 8.27. The Labute approximate surface area is 187 Å². The van der Waals surface area contributed by atoms with Gasteiger partial charge in [-0.25, -0.2) is 0 Å². The van der Waals surface area contributed by atoms with Gasteiger partial charge in [0.05, 0.1) is 0 Å². The van der Waals surface area contributed by atoms with Crippen LogP contribution in [0.3, 0.4) is 0 Å². The largest absolute Gasteiger partial charge is 0.394 e. The number of hydrogen-bond donors (Lipinski definition) is 1. The fourth-order valence-corrected chi connectivity index (χ4v) is 4.20. The Balaban J connectivity index is 1.94. The van der Waals surface area contributed by atoms with E-state index in [1.807, 2.05) is 0 Å². The zero-order valence-electron chi connectivity index (χ0n) is 19.3. The average Bonchev–Trinajstić information content (AvgIpc) is 2.70. The summed E-state index contributed by atoms with van der Waals surface area (Å²) in [5.41, 5.74) is 8.68. The molecule has 0 amide bonds. The van der Waals surface area contributed by atoms with Gasteiger partial charge in [-0.2, -0.15) is 13.2 Å². The van der Waals surface area contributed by atoms with Crippen LogP contribution in [0.4, 0.5) is 13.2 Å². The number of halogens is 3. The van der Waals surface area contributed by atoms with Crippen molar-refractivity contribution < 1.29 is 13.2 Å². The number of alkyl halides is 3. The van der Waals surface area contributed by atoms with Crippen molar-refractivity contribution in [2.45, 2.75) is 90.6 Å². The van der Waals surface area contributed by atoms with E-state index in [1.165, 1.54) is 39.8 Å². The molecular weight excluding hydrogens is 394 g/mol. The van der Waals surface area contributed by atoms with Crippen LogP contribution in [0.25, 0.3) is 5.57 Å². The number of allylic oxidation sites excluding steroid dienone is 4. The molecule has 0 saturated heterocycles. The van der Waals surface area contributed by atoms with Gasteiger partial charge in [0.25, 0.3) is 0 Å². The van der Waals surface area contributed by atoms with Crippen molar-refractivity contribution in [1.82, 2.24) is 5.32 Å². The van der Waals surface area contributed by atoms with E-state index in [0.29, 0.717) is 12.1 Å². The van der Waals surface area contributed by atoms with Gasteiger partial charge in [0, 0.05) is 12.1 Å². The van der Waals surface area contributed by atoms with Gasteiger partial charge in [-0.05, 0) is 80.6 Å². The van der Waals surface area contributed by atoms with Crippen LogP contribution in [0.15, 0.2) is 48.2 Å². The molecule has 31 heavy (non-hydrogen) atoms. The summed E-state index contributed by atoms with van der Waals surface area (Å²) in [4.78, 5) is 0. The molecule has 0 spiro atoms. The SMILES string of the molecule is C=C(CCCC(F)(F)F)NC1[B]Cc2c(cccc2C(=C)CC/C(C)=C(\C)CCC)C1. The maximum atomic E-state index is 12.3. The highest BCUT2D eigenvalue weighted by Gasteiger charge is 2.26. The molecule has 5 heteroatoms. The monoisotopic (exact) mass is 430 g/mol. The first-order chi connectivity index (χ1) is 14.6. The molecule has 1 radical (unpaired) electrons. The van der Waals surface area contributed by atoms with Crippen molar-refractivity contribution in [2.24, 2.45) is 0 Å². The standard InChI is InChI=1S/C26H36BF3N/c1-6-9-18(2)19(3)13-14-20(4)23-12-7-11-22-16-25(27-17-24(22)23)31-21(5)10-8-15-26(28,29)30/h7,11-12,25,31H,4-6,8-10,13-17H2,1-3H3/b19-18+. The Hall–Kier alpha value is -1.91. The van der Waals surface area contributed by atoms with E-state index in [9.17, 15) is 13.2 Å². The third-order valence-corrected chi connectivity index (χ3v) is 6.18. The lowest BCUT2D eigenvalue weighted by atomic mass is 9.57. The second-order valence-corrected chi connectivity index (χ2v) is 8.82. The molecule has 1 aromatic rings. The van der Waals surface area contributed by atoms with Crippen LogP contribution < -0.4 is 5.32 Å². The summed E-state index contributed by atoms with van der Waals surface area (Å²) in [5, 5.41) is 3.31. The normalized spacial score (nSPS) is 16.8. The molecular formula is C26H36BF3N. The highest BCUT2D eigenvalue weighted by Crippen LogP contribution is 2.30. The molecule has 0 fully saturated rings. The van der Waals surface area contributed by atoms with E-state index >= 15 is 0 Å². The van der Waals surface area contributed by atoms with Crippen molar-refractivity contribution in [2.75, 3.05) is 0 Å². The smallest absolute Gasteiger partial charge is 0.389 e. The second-order valence-electron chi connectivity index (χ2n) is 8.82. The van der Waals surface area contributed by atoms with Crippen molar-refractivity contribution in [3.8, 4) is 0 Å². The molecule has 169 valence electrons. The molecule has 0 saturated carbocycles. The summed E-state index contributed by atoms with van der Waals surface area (Å²) < 4.78 is 37.0. The number of fused-ring (bicyclic) bond motifs is 1. The Bertz CT molecular complexity index is 807. The lowest BCUT2D eigenvalue weighted by molar-refractivity contribution is -0.135. The van der Waals surface area contributed by atoms with Gasteiger partial charge < -0.3 is 5.32 Å². The van der Waals surface area contributed by atoms with Crippen molar-refractivity contribution in [1.29, 1.82) is 0 Å². The molecule has 2 rings (SSSR count).